The van der Waals surface area contributed by atoms with Crippen molar-refractivity contribution in [3.8, 4) is 0 Å². The first-order valence-corrected chi connectivity index (χ1v) is 8.67. The summed E-state index contributed by atoms with van der Waals surface area (Å²) in [4.78, 5) is 16.7. The van der Waals surface area contributed by atoms with E-state index in [0.29, 0.717) is 11.6 Å². The number of imidazole rings is 1. The summed E-state index contributed by atoms with van der Waals surface area (Å²) in [6, 6.07) is 7.20. The van der Waals surface area contributed by atoms with Gasteiger partial charge in [-0.15, -0.1) is 0 Å². The SMILES string of the molecule is CCn1c(CNC(N)=O)nc(C(C)C)c1Sc1cccc(Cl)c1. The maximum absolute atomic E-state index is 11.0. The molecule has 0 saturated heterocycles. The van der Waals surface area contributed by atoms with E-state index in [1.54, 1.807) is 11.8 Å². The lowest BCUT2D eigenvalue weighted by atomic mass is 10.1. The lowest BCUT2D eigenvalue weighted by Gasteiger charge is -2.11. The minimum absolute atomic E-state index is 0.275. The number of amides is 2. The van der Waals surface area contributed by atoms with Crippen LogP contribution in [-0.4, -0.2) is 15.6 Å². The predicted octanol–water partition coefficient (Wildman–Crippen LogP) is 4.00. The maximum Gasteiger partial charge on any atom is 0.312 e. The number of nitrogens with one attached hydrogen (secondary N) is 1. The number of halogens is 1. The van der Waals surface area contributed by atoms with E-state index in [4.69, 9.17) is 22.3 Å². The van der Waals surface area contributed by atoms with Gasteiger partial charge in [0.25, 0.3) is 0 Å². The molecule has 0 spiro atoms. The average Bonchev–Trinajstić information content (AvgIpc) is 2.83. The van der Waals surface area contributed by atoms with Crippen LogP contribution in [-0.2, 0) is 13.1 Å². The molecule has 0 fully saturated rings. The highest BCUT2D eigenvalue weighted by Gasteiger charge is 2.19. The Morgan fingerprint density at radius 1 is 1.48 bits per heavy atom. The zero-order valence-corrected chi connectivity index (χ0v) is 15.0. The first-order valence-electron chi connectivity index (χ1n) is 7.48. The molecule has 3 N–H and O–H groups in total. The molecule has 1 heterocycles. The second-order valence-corrected chi connectivity index (χ2v) is 6.89. The Labute approximate surface area is 145 Å². The summed E-state index contributed by atoms with van der Waals surface area (Å²) < 4.78 is 2.11. The molecule has 0 bridgehead atoms. The third-order valence-corrected chi connectivity index (χ3v) is 4.67. The largest absolute Gasteiger partial charge is 0.352 e. The van der Waals surface area contributed by atoms with E-state index in [1.165, 1.54) is 0 Å². The number of aromatic nitrogens is 2. The number of hydrogen-bond donors (Lipinski definition) is 2. The van der Waals surface area contributed by atoms with Crippen LogP contribution in [0.4, 0.5) is 4.79 Å². The maximum atomic E-state index is 11.0. The first kappa shape index (κ1) is 17.7. The van der Waals surface area contributed by atoms with Crippen LogP contribution in [0.3, 0.4) is 0 Å². The number of primary amides is 1. The molecule has 0 saturated carbocycles. The van der Waals surface area contributed by atoms with Gasteiger partial charge < -0.3 is 15.6 Å². The van der Waals surface area contributed by atoms with Crippen molar-refractivity contribution in [1.82, 2.24) is 14.9 Å². The van der Waals surface area contributed by atoms with Crippen molar-refractivity contribution in [2.45, 2.75) is 49.7 Å². The Bertz CT molecular complexity index is 699. The lowest BCUT2D eigenvalue weighted by molar-refractivity contribution is 0.248. The fourth-order valence-corrected chi connectivity index (χ4v) is 3.80. The number of rotatable bonds is 6. The number of urea groups is 1. The molecule has 0 atom stereocenters. The molecule has 1 aromatic carbocycles. The van der Waals surface area contributed by atoms with Crippen molar-refractivity contribution in [3.05, 3.63) is 40.8 Å². The lowest BCUT2D eigenvalue weighted by Crippen LogP contribution is -2.29. The molecule has 2 aromatic rings. The zero-order valence-electron chi connectivity index (χ0n) is 13.5. The summed E-state index contributed by atoms with van der Waals surface area (Å²) in [6.45, 7) is 7.35. The highest BCUT2D eigenvalue weighted by atomic mass is 35.5. The van der Waals surface area contributed by atoms with Crippen molar-refractivity contribution < 1.29 is 4.79 Å². The molecule has 0 aliphatic carbocycles. The number of nitrogens with zero attached hydrogens (tertiary/aromatic N) is 2. The summed E-state index contributed by atoms with van der Waals surface area (Å²) in [7, 11) is 0. The van der Waals surface area contributed by atoms with Gasteiger partial charge in [-0.1, -0.05) is 43.3 Å². The predicted molar refractivity (Wildman–Crippen MR) is 94.0 cm³/mol. The van der Waals surface area contributed by atoms with Crippen molar-refractivity contribution in [1.29, 1.82) is 0 Å². The first-order chi connectivity index (χ1) is 10.9. The van der Waals surface area contributed by atoms with Gasteiger partial charge in [-0.3, -0.25) is 0 Å². The molecule has 2 amide bonds. The zero-order chi connectivity index (χ0) is 17.0. The Hall–Kier alpha value is -1.66. The summed E-state index contributed by atoms with van der Waals surface area (Å²) in [5, 5.41) is 4.40. The van der Waals surface area contributed by atoms with Crippen molar-refractivity contribution >= 4 is 29.4 Å². The molecule has 0 unspecified atom stereocenters. The fourth-order valence-electron chi connectivity index (χ4n) is 2.26. The third-order valence-electron chi connectivity index (χ3n) is 3.32. The summed E-state index contributed by atoms with van der Waals surface area (Å²) in [5.74, 6) is 1.08. The van der Waals surface area contributed by atoms with Gasteiger partial charge in [-0.05, 0) is 31.0 Å². The number of benzene rings is 1. The van der Waals surface area contributed by atoms with Crippen LogP contribution in [0.2, 0.25) is 5.02 Å². The smallest absolute Gasteiger partial charge is 0.312 e. The Morgan fingerprint density at radius 3 is 2.78 bits per heavy atom. The van der Waals surface area contributed by atoms with Gasteiger partial charge in [-0.25, -0.2) is 9.78 Å². The van der Waals surface area contributed by atoms with Crippen molar-refractivity contribution in [2.24, 2.45) is 5.73 Å². The number of carbonyl (C=O) groups excluding carboxylic acids is 1. The number of hydrogen-bond acceptors (Lipinski definition) is 3. The molecular formula is C16H21ClN4OS. The topological polar surface area (TPSA) is 72.9 Å². The number of nitrogens with two attached hydrogens (primary N) is 1. The normalized spacial score (nSPS) is 11.0. The molecule has 0 radical (unpaired) electrons. The van der Waals surface area contributed by atoms with Gasteiger partial charge in [0.1, 0.15) is 10.9 Å². The van der Waals surface area contributed by atoms with Crippen molar-refractivity contribution in [3.63, 3.8) is 0 Å². The molecule has 0 aliphatic heterocycles. The van der Waals surface area contributed by atoms with E-state index < -0.39 is 6.03 Å². The fraction of sp³-hybridized carbons (Fsp3) is 0.375. The number of carbonyl (C=O) groups is 1. The highest BCUT2D eigenvalue weighted by molar-refractivity contribution is 7.99. The van der Waals surface area contributed by atoms with E-state index >= 15 is 0 Å². The van der Waals surface area contributed by atoms with Crippen LogP contribution >= 0.6 is 23.4 Å². The molecule has 5 nitrogen and oxygen atoms in total. The molecule has 0 aliphatic rings. The Morgan fingerprint density at radius 2 is 2.22 bits per heavy atom. The minimum Gasteiger partial charge on any atom is -0.352 e. The third kappa shape index (κ3) is 4.42. The van der Waals surface area contributed by atoms with Crippen LogP contribution in [0.25, 0.3) is 0 Å². The molecule has 1 aromatic heterocycles. The van der Waals surface area contributed by atoms with Crippen LogP contribution in [0, 0.1) is 0 Å². The van der Waals surface area contributed by atoms with Crippen LogP contribution < -0.4 is 11.1 Å². The van der Waals surface area contributed by atoms with Crippen LogP contribution in [0.1, 0.15) is 38.2 Å². The standard InChI is InChI=1S/C16H21ClN4OS/c1-4-21-13(9-19-16(18)22)20-14(10(2)3)15(21)23-12-7-5-6-11(17)8-12/h5-8,10H,4,9H2,1-3H3,(H3,18,19,22). The summed E-state index contributed by atoms with van der Waals surface area (Å²) in [6.07, 6.45) is 0. The van der Waals surface area contributed by atoms with Crippen LogP contribution in [0.5, 0.6) is 0 Å². The summed E-state index contributed by atoms with van der Waals surface area (Å²) >= 11 is 7.71. The van der Waals surface area contributed by atoms with Gasteiger partial charge >= 0.3 is 6.03 Å². The van der Waals surface area contributed by atoms with Gasteiger partial charge in [0.15, 0.2) is 0 Å². The van der Waals surface area contributed by atoms with Crippen LogP contribution in [0.15, 0.2) is 34.2 Å². The van der Waals surface area contributed by atoms with E-state index in [0.717, 1.165) is 28.0 Å². The molecule has 2 rings (SSSR count). The Balaban J connectivity index is 2.40. The second-order valence-electron chi connectivity index (χ2n) is 5.39. The second kappa shape index (κ2) is 7.75. The van der Waals surface area contributed by atoms with Gasteiger partial charge in [-0.2, -0.15) is 0 Å². The molecular weight excluding hydrogens is 332 g/mol. The van der Waals surface area contributed by atoms with E-state index in [2.05, 4.69) is 30.7 Å². The monoisotopic (exact) mass is 352 g/mol. The molecule has 124 valence electrons. The Kier molecular flexibility index (Phi) is 5.96. The summed E-state index contributed by atoms with van der Waals surface area (Å²) in [5.41, 5.74) is 6.18. The van der Waals surface area contributed by atoms with E-state index in [-0.39, 0.29) is 5.92 Å². The average molecular weight is 353 g/mol. The molecule has 7 heteroatoms. The van der Waals surface area contributed by atoms with E-state index in [9.17, 15) is 4.79 Å². The van der Waals surface area contributed by atoms with Gasteiger partial charge in [0, 0.05) is 16.5 Å². The minimum atomic E-state index is -0.550. The highest BCUT2D eigenvalue weighted by Crippen LogP contribution is 2.35. The molecule has 23 heavy (non-hydrogen) atoms. The quantitative estimate of drug-likeness (QED) is 0.825. The van der Waals surface area contributed by atoms with Crippen molar-refractivity contribution in [2.75, 3.05) is 0 Å². The van der Waals surface area contributed by atoms with Gasteiger partial charge in [0.05, 0.1) is 12.2 Å². The van der Waals surface area contributed by atoms with E-state index in [1.807, 2.05) is 24.3 Å². The van der Waals surface area contributed by atoms with Gasteiger partial charge in [0.2, 0.25) is 0 Å².